The Morgan fingerprint density at radius 3 is 2.59 bits per heavy atom. The van der Waals surface area contributed by atoms with E-state index in [-0.39, 0.29) is 57.2 Å². The number of halogens is 1. The van der Waals surface area contributed by atoms with Crippen molar-refractivity contribution in [3.63, 3.8) is 0 Å². The Balaban J connectivity index is 1.49. The van der Waals surface area contributed by atoms with Gasteiger partial charge in [-0.25, -0.2) is 4.90 Å². The van der Waals surface area contributed by atoms with Gasteiger partial charge in [0, 0.05) is 40.8 Å². The number of nitrogens with zero attached hydrogens (tertiary/aromatic N) is 2. The zero-order valence-electron chi connectivity index (χ0n) is 21.6. The molecule has 1 N–H and O–H groups in total. The van der Waals surface area contributed by atoms with Gasteiger partial charge in [0.15, 0.2) is 11.6 Å². The van der Waals surface area contributed by atoms with E-state index >= 15 is 0 Å². The Labute approximate surface area is 242 Å². The lowest BCUT2D eigenvalue weighted by molar-refractivity contribution is -0.384. The summed E-state index contributed by atoms with van der Waals surface area (Å²) in [4.78, 5) is 66.1. The number of hydrogen-bond donors (Lipinski definition) is 1. The first-order valence-corrected chi connectivity index (χ1v) is 13.9. The van der Waals surface area contributed by atoms with Crippen molar-refractivity contribution in [2.45, 2.75) is 25.2 Å². The number of anilines is 1. The molecule has 10 heteroatoms. The summed E-state index contributed by atoms with van der Waals surface area (Å²) in [6.45, 7) is 3.74. The number of amides is 2. The number of fused-ring (bicyclic) bond motifs is 3. The van der Waals surface area contributed by atoms with E-state index < -0.39 is 40.4 Å². The Morgan fingerprint density at radius 2 is 1.85 bits per heavy atom. The van der Waals surface area contributed by atoms with Crippen LogP contribution in [0.25, 0.3) is 0 Å². The maximum Gasteiger partial charge on any atom is 0.271 e. The Hall–Kier alpha value is -4.44. The molecule has 6 rings (SSSR count). The summed E-state index contributed by atoms with van der Waals surface area (Å²) in [7, 11) is 0. The third-order valence-corrected chi connectivity index (χ3v) is 9.05. The van der Waals surface area contributed by atoms with E-state index in [2.05, 4.69) is 22.5 Å². The number of carbonyl (C=O) groups is 4. The maximum absolute atomic E-state index is 14.0. The van der Waals surface area contributed by atoms with E-state index in [1.54, 1.807) is 24.3 Å². The summed E-state index contributed by atoms with van der Waals surface area (Å²) >= 11 is 3.20. The summed E-state index contributed by atoms with van der Waals surface area (Å²) in [5.74, 6) is -4.69. The largest absolute Gasteiger partial charge is 0.507 e. The van der Waals surface area contributed by atoms with Crippen molar-refractivity contribution >= 4 is 50.7 Å². The molecule has 1 fully saturated rings. The maximum atomic E-state index is 14.0. The van der Waals surface area contributed by atoms with Gasteiger partial charge in [0.05, 0.1) is 26.9 Å². The van der Waals surface area contributed by atoms with E-state index in [0.29, 0.717) is 23.1 Å². The predicted octanol–water partition coefficient (Wildman–Crippen LogP) is 5.00. The number of non-ortho nitro benzene ring substituents is 1. The highest BCUT2D eigenvalue weighted by Gasteiger charge is 2.57. The first kappa shape index (κ1) is 26.8. The van der Waals surface area contributed by atoms with Crippen molar-refractivity contribution in [2.24, 2.45) is 17.8 Å². The molecule has 0 bridgehead atoms. The average Bonchev–Trinajstić information content (AvgIpc) is 3.21. The van der Waals surface area contributed by atoms with Gasteiger partial charge in [0.25, 0.3) is 5.69 Å². The predicted molar refractivity (Wildman–Crippen MR) is 152 cm³/mol. The minimum Gasteiger partial charge on any atom is -0.507 e. The summed E-state index contributed by atoms with van der Waals surface area (Å²) in [5.41, 5.74) is 2.12. The van der Waals surface area contributed by atoms with Gasteiger partial charge in [0.2, 0.25) is 11.8 Å². The highest BCUT2D eigenvalue weighted by atomic mass is 79.9. The quantitative estimate of drug-likeness (QED) is 0.165. The number of benzene rings is 2. The van der Waals surface area contributed by atoms with Crippen LogP contribution in [0.4, 0.5) is 11.4 Å². The van der Waals surface area contributed by atoms with Gasteiger partial charge >= 0.3 is 0 Å². The number of allylic oxidation sites excluding steroid dienone is 7. The normalized spacial score (nSPS) is 25.3. The molecule has 1 aliphatic heterocycles. The molecule has 4 aliphatic rings. The van der Waals surface area contributed by atoms with Gasteiger partial charge in [-0.3, -0.25) is 29.3 Å². The van der Waals surface area contributed by atoms with E-state index in [0.717, 1.165) is 4.90 Å². The number of phenols is 1. The molecule has 3 aliphatic carbocycles. The van der Waals surface area contributed by atoms with Crippen LogP contribution in [0.15, 0.2) is 88.5 Å². The monoisotopic (exact) mass is 614 g/mol. The number of phenolic OH excluding ortho intramolecular Hbond substituents is 1. The number of para-hydroxylation sites is 1. The fourth-order valence-corrected chi connectivity index (χ4v) is 7.17. The molecule has 1 heterocycles. The summed E-state index contributed by atoms with van der Waals surface area (Å²) in [6.07, 6.45) is 5.40. The van der Waals surface area contributed by atoms with Crippen molar-refractivity contribution in [2.75, 3.05) is 4.90 Å². The third-order valence-electron chi connectivity index (χ3n) is 8.46. The molecule has 206 valence electrons. The molecule has 4 unspecified atom stereocenters. The van der Waals surface area contributed by atoms with Gasteiger partial charge in [0.1, 0.15) is 5.75 Å². The fraction of sp³-hybridized carbons (Fsp3) is 0.226. The van der Waals surface area contributed by atoms with Gasteiger partial charge in [-0.15, -0.1) is 6.58 Å². The minimum atomic E-state index is -0.843. The Bertz CT molecular complexity index is 1700. The second-order valence-corrected chi connectivity index (χ2v) is 11.4. The molecule has 0 radical (unpaired) electrons. The molecule has 41 heavy (non-hydrogen) atoms. The molecule has 1 saturated heterocycles. The number of nitro groups is 1. The van der Waals surface area contributed by atoms with Crippen LogP contribution < -0.4 is 4.90 Å². The lowest BCUT2D eigenvalue weighted by atomic mass is 9.59. The topological polar surface area (TPSA) is 135 Å². The van der Waals surface area contributed by atoms with Crippen molar-refractivity contribution in [1.82, 2.24) is 0 Å². The molecule has 2 aromatic rings. The summed E-state index contributed by atoms with van der Waals surface area (Å²) in [6, 6.07) is 10.6. The minimum absolute atomic E-state index is 0.0196. The van der Waals surface area contributed by atoms with Crippen LogP contribution in [0.3, 0.4) is 0 Å². The van der Waals surface area contributed by atoms with Crippen molar-refractivity contribution in [3.8, 4) is 5.75 Å². The molecule has 0 aromatic heterocycles. The number of aromatic hydroxyl groups is 1. The third kappa shape index (κ3) is 4.04. The number of ketones is 2. The smallest absolute Gasteiger partial charge is 0.271 e. The lowest BCUT2D eigenvalue weighted by Gasteiger charge is -2.42. The molecular formula is C31H23BrN2O7. The number of imide groups is 1. The van der Waals surface area contributed by atoms with Gasteiger partial charge in [-0.1, -0.05) is 42.0 Å². The van der Waals surface area contributed by atoms with Crippen LogP contribution in [0.5, 0.6) is 5.75 Å². The lowest BCUT2D eigenvalue weighted by Crippen LogP contribution is -2.39. The van der Waals surface area contributed by atoms with Crippen molar-refractivity contribution < 1.29 is 29.2 Å². The van der Waals surface area contributed by atoms with Gasteiger partial charge in [-0.2, -0.15) is 0 Å². The van der Waals surface area contributed by atoms with E-state index in [4.69, 9.17) is 0 Å². The summed E-state index contributed by atoms with van der Waals surface area (Å²) < 4.78 is 0.108. The van der Waals surface area contributed by atoms with Crippen LogP contribution in [0.2, 0.25) is 0 Å². The van der Waals surface area contributed by atoms with E-state index in [1.807, 2.05) is 6.08 Å². The van der Waals surface area contributed by atoms with Crippen LogP contribution in [0, 0.1) is 27.9 Å². The molecule has 2 amide bonds. The van der Waals surface area contributed by atoms with Crippen LogP contribution >= 0.6 is 15.9 Å². The van der Waals surface area contributed by atoms with Crippen LogP contribution in [-0.2, 0) is 25.6 Å². The number of hydrogen-bond acceptors (Lipinski definition) is 7. The molecule has 0 spiro atoms. The highest BCUT2D eigenvalue weighted by molar-refractivity contribution is 9.12. The van der Waals surface area contributed by atoms with E-state index in [9.17, 15) is 34.4 Å². The molecule has 0 saturated carbocycles. The Kier molecular flexibility index (Phi) is 6.45. The number of Topliss-reactive ketones (excluding diaryl/α,β-unsaturated/α-hetero) is 1. The average molecular weight is 615 g/mol. The van der Waals surface area contributed by atoms with Gasteiger partial charge < -0.3 is 5.11 Å². The van der Waals surface area contributed by atoms with E-state index in [1.165, 1.54) is 30.3 Å². The van der Waals surface area contributed by atoms with Gasteiger partial charge in [-0.05, 0) is 52.7 Å². The molecule has 9 nitrogen and oxygen atoms in total. The summed E-state index contributed by atoms with van der Waals surface area (Å²) in [5, 5.41) is 22.7. The highest BCUT2D eigenvalue weighted by Crippen LogP contribution is 2.56. The molecule has 2 aromatic carbocycles. The molecule has 4 atom stereocenters. The second-order valence-electron chi connectivity index (χ2n) is 10.5. The zero-order chi connectivity index (χ0) is 29.2. The number of nitro benzene ring substituents is 1. The SMILES string of the molecule is C=CCc1cccc(C2C3=CCC4C(=O)N(c5cccc([N+](=O)[O-])c5)C(=O)C4C3CC3=C2C(=O)C=C(Br)C3=O)c1O. The first-order chi connectivity index (χ1) is 19.6. The fourth-order valence-electron chi connectivity index (χ4n) is 6.73. The number of carbonyl (C=O) groups excluding carboxylic acids is 4. The van der Waals surface area contributed by atoms with Crippen LogP contribution in [0.1, 0.15) is 29.9 Å². The van der Waals surface area contributed by atoms with Crippen molar-refractivity contribution in [3.05, 3.63) is 110 Å². The molecular weight excluding hydrogens is 592 g/mol. The zero-order valence-corrected chi connectivity index (χ0v) is 23.2. The van der Waals surface area contributed by atoms with Crippen LogP contribution in [-0.4, -0.2) is 33.4 Å². The van der Waals surface area contributed by atoms with Crippen molar-refractivity contribution in [1.29, 1.82) is 0 Å². The second kappa shape index (κ2) is 9.88. The standard InChI is InChI=1S/C31H23BrN2O7/c1-2-5-15-6-3-9-19(28(15)36)25-18-10-11-20-26(21(18)13-22-27(25)24(35)14-23(32)29(22)37)31(39)33(30(20)38)16-7-4-8-17(12-16)34(40)41/h2-4,6-10,12,14,20-21,25-26,36H,1,5,11,13H2. The number of rotatable bonds is 5. The first-order valence-electron chi connectivity index (χ1n) is 13.1. The Morgan fingerprint density at radius 1 is 1.10 bits per heavy atom.